The van der Waals surface area contributed by atoms with Crippen LogP contribution in [0.1, 0.15) is 39.0 Å². The molecule has 2 saturated heterocycles. The quantitative estimate of drug-likeness (QED) is 0.899. The monoisotopic (exact) mass is 354 g/mol. The van der Waals surface area contributed by atoms with Gasteiger partial charge in [0.25, 0.3) is 5.56 Å². The Morgan fingerprint density at radius 1 is 1.43 bits per heavy atom. The number of aromatic nitrogens is 2. The Balaban J connectivity index is 1.88. The number of hydrogen-bond donors (Lipinski definition) is 1. The summed E-state index contributed by atoms with van der Waals surface area (Å²) in [4.78, 5) is 14.7. The molecule has 0 aromatic carbocycles. The highest BCUT2D eigenvalue weighted by Gasteiger charge is 2.34. The van der Waals surface area contributed by atoms with Crippen molar-refractivity contribution in [1.29, 1.82) is 0 Å². The summed E-state index contributed by atoms with van der Waals surface area (Å²) >= 11 is 3.51. The molecule has 2 atom stereocenters. The van der Waals surface area contributed by atoms with Crippen LogP contribution in [-0.4, -0.2) is 35.0 Å². The number of aryl methyl sites for hydroxylation is 1. The lowest BCUT2D eigenvalue weighted by molar-refractivity contribution is 0.480. The first kappa shape index (κ1) is 15.0. The van der Waals surface area contributed by atoms with Gasteiger partial charge in [0.15, 0.2) is 0 Å². The Labute approximate surface area is 133 Å². The molecule has 1 aromatic rings. The summed E-state index contributed by atoms with van der Waals surface area (Å²) in [5.74, 6) is 0. The molecule has 0 spiro atoms. The molecule has 1 N–H and O–H groups in total. The van der Waals surface area contributed by atoms with Crippen molar-refractivity contribution in [1.82, 2.24) is 15.1 Å². The molecule has 2 aliphatic rings. The molecule has 2 unspecified atom stereocenters. The van der Waals surface area contributed by atoms with Gasteiger partial charge < -0.3 is 10.2 Å². The molecule has 3 rings (SSSR count). The normalized spacial score (nSPS) is 25.7. The maximum Gasteiger partial charge on any atom is 0.283 e. The molecule has 1 aromatic heterocycles. The lowest BCUT2D eigenvalue weighted by Gasteiger charge is -2.31. The topological polar surface area (TPSA) is 50.2 Å². The Bertz CT molecular complexity index is 553. The van der Waals surface area contributed by atoms with E-state index in [4.69, 9.17) is 0 Å². The summed E-state index contributed by atoms with van der Waals surface area (Å²) in [6, 6.07) is 1.05. The molecule has 0 aliphatic carbocycles. The van der Waals surface area contributed by atoms with Crippen molar-refractivity contribution in [2.45, 2.75) is 57.7 Å². The van der Waals surface area contributed by atoms with E-state index in [1.54, 1.807) is 4.68 Å². The maximum absolute atomic E-state index is 12.4. The predicted molar refractivity (Wildman–Crippen MR) is 87.9 cm³/mol. The van der Waals surface area contributed by atoms with Gasteiger partial charge >= 0.3 is 0 Å². The number of halogens is 1. The van der Waals surface area contributed by atoms with Gasteiger partial charge in [-0.1, -0.05) is 6.92 Å². The summed E-state index contributed by atoms with van der Waals surface area (Å²) in [7, 11) is 0. The summed E-state index contributed by atoms with van der Waals surface area (Å²) in [5, 5.41) is 7.95. The number of nitrogens with one attached hydrogen (secondary N) is 1. The number of nitrogens with zero attached hydrogens (tertiary/aromatic N) is 3. The average molecular weight is 355 g/mol. The van der Waals surface area contributed by atoms with Crippen molar-refractivity contribution in [3.8, 4) is 0 Å². The molecule has 116 valence electrons. The summed E-state index contributed by atoms with van der Waals surface area (Å²) in [5.41, 5.74) is 0.947. The fourth-order valence-electron chi connectivity index (χ4n) is 3.58. The van der Waals surface area contributed by atoms with Crippen molar-refractivity contribution in [2.75, 3.05) is 18.0 Å². The van der Waals surface area contributed by atoms with E-state index in [2.05, 4.69) is 38.2 Å². The zero-order valence-corrected chi connectivity index (χ0v) is 14.1. The maximum atomic E-state index is 12.4. The van der Waals surface area contributed by atoms with Crippen LogP contribution in [0.4, 0.5) is 5.69 Å². The van der Waals surface area contributed by atoms with Gasteiger partial charge in [-0.05, 0) is 54.6 Å². The zero-order chi connectivity index (χ0) is 14.8. The van der Waals surface area contributed by atoms with Crippen LogP contribution in [0.3, 0.4) is 0 Å². The van der Waals surface area contributed by atoms with Crippen LogP contribution in [-0.2, 0) is 6.54 Å². The molecule has 0 saturated carbocycles. The van der Waals surface area contributed by atoms with E-state index in [0.29, 0.717) is 23.1 Å². The highest BCUT2D eigenvalue weighted by molar-refractivity contribution is 9.10. The minimum absolute atomic E-state index is 0.0145. The lowest BCUT2D eigenvalue weighted by Crippen LogP contribution is -2.44. The Morgan fingerprint density at radius 3 is 3.00 bits per heavy atom. The van der Waals surface area contributed by atoms with Crippen molar-refractivity contribution in [3.63, 3.8) is 0 Å². The van der Waals surface area contributed by atoms with Crippen molar-refractivity contribution in [2.24, 2.45) is 0 Å². The molecular weight excluding hydrogens is 332 g/mol. The fourth-order valence-corrected chi connectivity index (χ4v) is 4.11. The van der Waals surface area contributed by atoms with Crippen LogP contribution in [0.15, 0.2) is 15.5 Å². The summed E-state index contributed by atoms with van der Waals surface area (Å²) in [6.45, 7) is 4.86. The van der Waals surface area contributed by atoms with E-state index in [1.807, 2.05) is 6.20 Å². The SMILES string of the molecule is CCCn1ncc(N2CCCC2C2CCCN2)c(Br)c1=O. The number of hydrogen-bond acceptors (Lipinski definition) is 4. The first-order valence-corrected chi connectivity index (χ1v) is 8.77. The second-order valence-corrected chi connectivity index (χ2v) is 6.77. The van der Waals surface area contributed by atoms with Crippen LogP contribution in [0.2, 0.25) is 0 Å². The lowest BCUT2D eigenvalue weighted by atomic mass is 10.0. The largest absolute Gasteiger partial charge is 0.365 e. The second-order valence-electron chi connectivity index (χ2n) is 5.98. The minimum atomic E-state index is -0.0145. The second kappa shape index (κ2) is 6.48. The Kier molecular flexibility index (Phi) is 4.64. The van der Waals surface area contributed by atoms with Gasteiger partial charge in [0.1, 0.15) is 4.47 Å². The molecule has 6 heteroatoms. The van der Waals surface area contributed by atoms with Crippen LogP contribution >= 0.6 is 15.9 Å². The van der Waals surface area contributed by atoms with E-state index in [1.165, 1.54) is 25.7 Å². The van der Waals surface area contributed by atoms with E-state index < -0.39 is 0 Å². The van der Waals surface area contributed by atoms with Crippen LogP contribution < -0.4 is 15.8 Å². The van der Waals surface area contributed by atoms with Gasteiger partial charge in [-0.25, -0.2) is 4.68 Å². The number of anilines is 1. The standard InChI is InChI=1S/C15H23BrN4O/c1-2-8-20-15(21)14(16)13(10-18-20)19-9-4-6-12(19)11-5-3-7-17-11/h10-12,17H,2-9H2,1H3. The van der Waals surface area contributed by atoms with Gasteiger partial charge in [0.2, 0.25) is 0 Å². The molecule has 2 aliphatic heterocycles. The molecule has 2 fully saturated rings. The summed E-state index contributed by atoms with van der Waals surface area (Å²) in [6.07, 6.45) is 7.65. The molecule has 5 nitrogen and oxygen atoms in total. The van der Waals surface area contributed by atoms with Gasteiger partial charge in [-0.3, -0.25) is 4.79 Å². The zero-order valence-electron chi connectivity index (χ0n) is 12.5. The molecule has 0 bridgehead atoms. The predicted octanol–water partition coefficient (Wildman–Crippen LogP) is 2.14. The fraction of sp³-hybridized carbons (Fsp3) is 0.733. The Morgan fingerprint density at radius 2 is 2.29 bits per heavy atom. The van der Waals surface area contributed by atoms with Gasteiger partial charge in [0, 0.05) is 25.2 Å². The molecule has 21 heavy (non-hydrogen) atoms. The molecular formula is C15H23BrN4O. The third-order valence-electron chi connectivity index (χ3n) is 4.57. The average Bonchev–Trinajstić information content (AvgIpc) is 3.14. The van der Waals surface area contributed by atoms with Crippen molar-refractivity contribution in [3.05, 3.63) is 21.0 Å². The molecule has 0 amide bonds. The summed E-state index contributed by atoms with van der Waals surface area (Å²) < 4.78 is 2.21. The third kappa shape index (κ3) is 2.88. The van der Waals surface area contributed by atoms with Gasteiger partial charge in [0.05, 0.1) is 11.9 Å². The first-order chi connectivity index (χ1) is 10.2. The van der Waals surface area contributed by atoms with Crippen LogP contribution in [0, 0.1) is 0 Å². The highest BCUT2D eigenvalue weighted by Crippen LogP contribution is 2.32. The highest BCUT2D eigenvalue weighted by atomic mass is 79.9. The van der Waals surface area contributed by atoms with Crippen LogP contribution in [0.25, 0.3) is 0 Å². The molecule has 0 radical (unpaired) electrons. The minimum Gasteiger partial charge on any atom is -0.365 e. The van der Waals surface area contributed by atoms with Gasteiger partial charge in [-0.2, -0.15) is 5.10 Å². The van der Waals surface area contributed by atoms with E-state index in [-0.39, 0.29) is 5.56 Å². The third-order valence-corrected chi connectivity index (χ3v) is 5.32. The van der Waals surface area contributed by atoms with E-state index in [0.717, 1.165) is 25.2 Å². The smallest absolute Gasteiger partial charge is 0.283 e. The molecule has 3 heterocycles. The first-order valence-electron chi connectivity index (χ1n) is 7.98. The van der Waals surface area contributed by atoms with Crippen LogP contribution in [0.5, 0.6) is 0 Å². The van der Waals surface area contributed by atoms with Crippen molar-refractivity contribution >= 4 is 21.6 Å². The van der Waals surface area contributed by atoms with Gasteiger partial charge in [-0.15, -0.1) is 0 Å². The Hall–Kier alpha value is -0.880. The number of rotatable bonds is 4. The van der Waals surface area contributed by atoms with Crippen molar-refractivity contribution < 1.29 is 0 Å². The van der Waals surface area contributed by atoms with E-state index >= 15 is 0 Å². The van der Waals surface area contributed by atoms with E-state index in [9.17, 15) is 4.79 Å².